The van der Waals surface area contributed by atoms with Crippen LogP contribution < -0.4 is 4.74 Å². The highest BCUT2D eigenvalue weighted by molar-refractivity contribution is 5.85. The van der Waals surface area contributed by atoms with Crippen LogP contribution in [-0.4, -0.2) is 26.0 Å². The smallest absolute Gasteiger partial charge is 0.356 e. The number of phenols is 1. The zero-order valence-electron chi connectivity index (χ0n) is 10.4. The summed E-state index contributed by atoms with van der Waals surface area (Å²) in [4.78, 5) is 10.9. The minimum atomic E-state index is -1.07. The average molecular weight is 262 g/mol. The van der Waals surface area contributed by atoms with E-state index in [1.807, 2.05) is 6.92 Å². The second kappa shape index (κ2) is 5.43. The molecule has 6 nitrogen and oxygen atoms in total. The summed E-state index contributed by atoms with van der Waals surface area (Å²) in [7, 11) is 0. The number of hydrogen-bond donors (Lipinski definition) is 2. The molecule has 0 aliphatic carbocycles. The van der Waals surface area contributed by atoms with Crippen LogP contribution in [0.3, 0.4) is 0 Å². The van der Waals surface area contributed by atoms with E-state index >= 15 is 0 Å². The summed E-state index contributed by atoms with van der Waals surface area (Å²) in [5.41, 5.74) is 0.626. The Kier molecular flexibility index (Phi) is 3.70. The van der Waals surface area contributed by atoms with Gasteiger partial charge in [0.1, 0.15) is 6.61 Å². The minimum absolute atomic E-state index is 0.0160. The molecule has 100 valence electrons. The quantitative estimate of drug-likeness (QED) is 0.859. The highest BCUT2D eigenvalue weighted by Gasteiger charge is 2.13. The van der Waals surface area contributed by atoms with Gasteiger partial charge in [-0.3, -0.25) is 4.68 Å². The lowest BCUT2D eigenvalue weighted by Crippen LogP contribution is -2.06. The largest absolute Gasteiger partial charge is 0.504 e. The molecule has 6 heteroatoms. The van der Waals surface area contributed by atoms with Crippen LogP contribution in [0.1, 0.15) is 23.1 Å². The molecule has 1 aromatic heterocycles. The highest BCUT2D eigenvalue weighted by atomic mass is 16.5. The number of rotatable bonds is 5. The molecule has 0 saturated carbocycles. The van der Waals surface area contributed by atoms with Gasteiger partial charge in [-0.05, 0) is 25.1 Å². The molecular weight excluding hydrogens is 248 g/mol. The fourth-order valence-corrected chi connectivity index (χ4v) is 1.68. The number of benzene rings is 1. The summed E-state index contributed by atoms with van der Waals surface area (Å²) < 4.78 is 7.01. The number of para-hydroxylation sites is 2. The van der Waals surface area contributed by atoms with Gasteiger partial charge in [0.15, 0.2) is 17.2 Å². The Morgan fingerprint density at radius 2 is 2.16 bits per heavy atom. The first-order valence-electron chi connectivity index (χ1n) is 5.82. The number of aryl methyl sites for hydroxylation is 1. The Bertz CT molecular complexity index is 592. The second-order valence-electron chi connectivity index (χ2n) is 3.90. The Balaban J connectivity index is 2.15. The third-order valence-corrected chi connectivity index (χ3v) is 2.62. The minimum Gasteiger partial charge on any atom is -0.504 e. The van der Waals surface area contributed by atoms with Crippen LogP contribution in [0.4, 0.5) is 0 Å². The van der Waals surface area contributed by atoms with Gasteiger partial charge in [0, 0.05) is 6.54 Å². The molecule has 2 aromatic rings. The third kappa shape index (κ3) is 2.85. The number of nitrogens with zero attached hydrogens (tertiary/aromatic N) is 2. The van der Waals surface area contributed by atoms with Crippen LogP contribution in [0.2, 0.25) is 0 Å². The van der Waals surface area contributed by atoms with E-state index in [2.05, 4.69) is 5.10 Å². The van der Waals surface area contributed by atoms with E-state index in [9.17, 15) is 9.90 Å². The standard InChI is InChI=1S/C13H14N2O4/c1-2-15-9(7-10(14-15)13(17)18)8-19-12-6-4-3-5-11(12)16/h3-7,16H,2,8H2,1H3,(H,17,18). The first kappa shape index (κ1) is 12.9. The van der Waals surface area contributed by atoms with Crippen molar-refractivity contribution in [3.8, 4) is 11.5 Å². The lowest BCUT2D eigenvalue weighted by Gasteiger charge is -2.08. The van der Waals surface area contributed by atoms with Crippen LogP contribution >= 0.6 is 0 Å². The fourth-order valence-electron chi connectivity index (χ4n) is 1.68. The molecule has 0 amide bonds. The molecule has 0 spiro atoms. The number of phenolic OH excluding ortho intramolecular Hbond substituents is 1. The average Bonchev–Trinajstić information content (AvgIpc) is 2.81. The van der Waals surface area contributed by atoms with E-state index in [0.29, 0.717) is 18.0 Å². The molecule has 0 aliphatic heterocycles. The van der Waals surface area contributed by atoms with Gasteiger partial charge in [0.2, 0.25) is 0 Å². The summed E-state index contributed by atoms with van der Waals surface area (Å²) in [5, 5.41) is 22.4. The molecule has 1 aromatic carbocycles. The van der Waals surface area contributed by atoms with Crippen molar-refractivity contribution in [1.82, 2.24) is 9.78 Å². The molecule has 19 heavy (non-hydrogen) atoms. The van der Waals surface area contributed by atoms with E-state index in [0.717, 1.165) is 0 Å². The van der Waals surface area contributed by atoms with Crippen molar-refractivity contribution in [2.45, 2.75) is 20.1 Å². The van der Waals surface area contributed by atoms with Crippen molar-refractivity contribution >= 4 is 5.97 Å². The molecule has 0 fully saturated rings. The third-order valence-electron chi connectivity index (χ3n) is 2.62. The monoisotopic (exact) mass is 262 g/mol. The van der Waals surface area contributed by atoms with E-state index in [-0.39, 0.29) is 18.1 Å². The first-order valence-corrected chi connectivity index (χ1v) is 5.82. The summed E-state index contributed by atoms with van der Waals surface area (Å²) in [6.07, 6.45) is 0. The lowest BCUT2D eigenvalue weighted by atomic mass is 10.3. The maximum absolute atomic E-state index is 10.9. The predicted molar refractivity (Wildman–Crippen MR) is 67.3 cm³/mol. The normalized spacial score (nSPS) is 10.4. The molecule has 1 heterocycles. The molecule has 0 bridgehead atoms. The fraction of sp³-hybridized carbons (Fsp3) is 0.231. The first-order chi connectivity index (χ1) is 9.11. The zero-order chi connectivity index (χ0) is 13.8. The topological polar surface area (TPSA) is 84.6 Å². The van der Waals surface area contributed by atoms with Crippen molar-refractivity contribution in [2.75, 3.05) is 0 Å². The number of hydrogen-bond acceptors (Lipinski definition) is 4. The molecule has 0 aliphatic rings. The Morgan fingerprint density at radius 3 is 2.79 bits per heavy atom. The van der Waals surface area contributed by atoms with Crippen molar-refractivity contribution in [1.29, 1.82) is 0 Å². The molecule has 0 unspecified atom stereocenters. The number of aromatic hydroxyl groups is 1. The highest BCUT2D eigenvalue weighted by Crippen LogP contribution is 2.25. The lowest BCUT2D eigenvalue weighted by molar-refractivity contribution is 0.0689. The Labute approximate surface area is 109 Å². The zero-order valence-corrected chi connectivity index (χ0v) is 10.4. The number of aromatic nitrogens is 2. The van der Waals surface area contributed by atoms with Gasteiger partial charge in [-0.25, -0.2) is 4.79 Å². The van der Waals surface area contributed by atoms with Crippen LogP contribution in [0.15, 0.2) is 30.3 Å². The molecule has 0 saturated heterocycles. The van der Waals surface area contributed by atoms with E-state index in [1.54, 1.807) is 22.9 Å². The van der Waals surface area contributed by atoms with Crippen LogP contribution in [-0.2, 0) is 13.2 Å². The maximum Gasteiger partial charge on any atom is 0.356 e. The van der Waals surface area contributed by atoms with Gasteiger partial charge < -0.3 is 14.9 Å². The number of aromatic carboxylic acids is 1. The maximum atomic E-state index is 10.9. The summed E-state index contributed by atoms with van der Waals surface area (Å²) in [6.45, 7) is 2.56. The number of carboxylic acid groups (broad SMARTS) is 1. The Hall–Kier alpha value is -2.50. The van der Waals surface area contributed by atoms with Crippen LogP contribution in [0.25, 0.3) is 0 Å². The van der Waals surface area contributed by atoms with Crippen LogP contribution in [0.5, 0.6) is 11.5 Å². The van der Waals surface area contributed by atoms with E-state index in [1.165, 1.54) is 12.1 Å². The summed E-state index contributed by atoms with van der Waals surface area (Å²) in [5.74, 6) is -0.678. The van der Waals surface area contributed by atoms with Crippen molar-refractivity contribution in [2.24, 2.45) is 0 Å². The Morgan fingerprint density at radius 1 is 1.42 bits per heavy atom. The van der Waals surface area contributed by atoms with Crippen molar-refractivity contribution < 1.29 is 19.7 Å². The molecule has 0 atom stereocenters. The van der Waals surface area contributed by atoms with Gasteiger partial charge in [-0.1, -0.05) is 12.1 Å². The van der Waals surface area contributed by atoms with Gasteiger partial charge in [-0.15, -0.1) is 0 Å². The number of carboxylic acids is 1. The van der Waals surface area contributed by atoms with Gasteiger partial charge >= 0.3 is 5.97 Å². The summed E-state index contributed by atoms with van der Waals surface area (Å²) in [6, 6.07) is 8.07. The molecule has 0 radical (unpaired) electrons. The SMILES string of the molecule is CCn1nc(C(=O)O)cc1COc1ccccc1O. The van der Waals surface area contributed by atoms with E-state index in [4.69, 9.17) is 9.84 Å². The van der Waals surface area contributed by atoms with Gasteiger partial charge in [0.05, 0.1) is 5.69 Å². The predicted octanol–water partition coefficient (Wildman–Crippen LogP) is 1.89. The molecule has 2 N–H and O–H groups in total. The van der Waals surface area contributed by atoms with Crippen molar-refractivity contribution in [3.63, 3.8) is 0 Å². The van der Waals surface area contributed by atoms with Gasteiger partial charge in [-0.2, -0.15) is 5.10 Å². The van der Waals surface area contributed by atoms with Gasteiger partial charge in [0.25, 0.3) is 0 Å². The second-order valence-corrected chi connectivity index (χ2v) is 3.90. The number of ether oxygens (including phenoxy) is 1. The molecule has 2 rings (SSSR count). The number of carbonyl (C=O) groups is 1. The van der Waals surface area contributed by atoms with Crippen molar-refractivity contribution in [3.05, 3.63) is 41.7 Å². The van der Waals surface area contributed by atoms with Crippen LogP contribution in [0, 0.1) is 0 Å². The summed E-state index contributed by atoms with van der Waals surface area (Å²) >= 11 is 0. The molecular formula is C13H14N2O4. The van der Waals surface area contributed by atoms with E-state index < -0.39 is 5.97 Å².